The number of hydrogen-bond acceptors (Lipinski definition) is 3. The number of carbonyl (C=O) groups excluding carboxylic acids is 1. The Morgan fingerprint density at radius 2 is 1.81 bits per heavy atom. The Kier molecular flexibility index (Phi) is 5.67. The molecule has 27 heavy (non-hydrogen) atoms. The molecular weight excluding hydrogens is 360 g/mol. The number of rotatable bonds is 6. The topological polar surface area (TPSA) is 66.5 Å². The number of sulfonamides is 1. The molecule has 0 bridgehead atoms. The average molecular weight is 387 g/mol. The van der Waals surface area contributed by atoms with Crippen LogP contribution < -0.4 is 9.62 Å². The van der Waals surface area contributed by atoms with Gasteiger partial charge in [-0.1, -0.05) is 30.7 Å². The quantitative estimate of drug-likeness (QED) is 0.820. The normalized spacial score (nSPS) is 16.0. The van der Waals surface area contributed by atoms with E-state index in [2.05, 4.69) is 10.8 Å². The van der Waals surface area contributed by atoms with Gasteiger partial charge in [-0.05, 0) is 62.1 Å². The van der Waals surface area contributed by atoms with E-state index in [0.717, 1.165) is 28.8 Å². The van der Waals surface area contributed by atoms with Crippen molar-refractivity contribution in [3.05, 3.63) is 59.2 Å². The van der Waals surface area contributed by atoms with Crippen LogP contribution in [0.4, 0.5) is 5.69 Å². The Bertz CT molecular complexity index is 936. The van der Waals surface area contributed by atoms with E-state index in [0.29, 0.717) is 19.4 Å². The molecule has 1 N–H and O–H groups in total. The summed E-state index contributed by atoms with van der Waals surface area (Å²) in [5.74, 6) is 0.0876. The molecule has 6 heteroatoms. The minimum absolute atomic E-state index is 0.0876. The molecule has 1 aliphatic heterocycles. The highest BCUT2D eigenvalue weighted by Gasteiger charge is 2.24. The van der Waals surface area contributed by atoms with Crippen molar-refractivity contribution in [2.75, 3.05) is 11.4 Å². The maximum absolute atomic E-state index is 12.9. The van der Waals surface area contributed by atoms with Crippen molar-refractivity contribution in [2.45, 2.75) is 51.0 Å². The molecular formula is C21H26N2O3S. The zero-order valence-electron chi connectivity index (χ0n) is 16.0. The van der Waals surface area contributed by atoms with Crippen molar-refractivity contribution in [1.29, 1.82) is 0 Å². The molecule has 5 nitrogen and oxygen atoms in total. The number of amides is 1. The van der Waals surface area contributed by atoms with E-state index in [1.807, 2.05) is 32.9 Å². The van der Waals surface area contributed by atoms with Gasteiger partial charge in [0.05, 0.1) is 4.90 Å². The summed E-state index contributed by atoms with van der Waals surface area (Å²) >= 11 is 0. The third kappa shape index (κ3) is 4.22. The highest BCUT2D eigenvalue weighted by molar-refractivity contribution is 7.89. The van der Waals surface area contributed by atoms with Gasteiger partial charge in [0.25, 0.3) is 0 Å². The summed E-state index contributed by atoms with van der Waals surface area (Å²) in [5.41, 5.74) is 3.97. The first-order valence-corrected chi connectivity index (χ1v) is 10.8. The van der Waals surface area contributed by atoms with Gasteiger partial charge in [0.15, 0.2) is 0 Å². The van der Waals surface area contributed by atoms with Crippen LogP contribution in [-0.4, -0.2) is 20.9 Å². The average Bonchev–Trinajstić information content (AvgIpc) is 3.06. The van der Waals surface area contributed by atoms with Gasteiger partial charge in [0.2, 0.25) is 15.9 Å². The van der Waals surface area contributed by atoms with Crippen LogP contribution in [0.3, 0.4) is 0 Å². The van der Waals surface area contributed by atoms with Crippen LogP contribution in [0.5, 0.6) is 0 Å². The summed E-state index contributed by atoms with van der Waals surface area (Å²) in [5, 5.41) is 0. The molecule has 1 amide bonds. The standard InChI is InChI=1S/C21H26N2O3S/c1-4-20(19-12-7-15(2)14-16(19)3)22-27(25,26)18-10-8-17(9-11-18)23-13-5-6-21(23)24/h7-12,14,20,22H,4-6,13H2,1-3H3. The highest BCUT2D eigenvalue weighted by Crippen LogP contribution is 2.26. The second-order valence-electron chi connectivity index (χ2n) is 7.08. The molecule has 144 valence electrons. The second-order valence-corrected chi connectivity index (χ2v) is 8.80. The van der Waals surface area contributed by atoms with Gasteiger partial charge in [0, 0.05) is 24.7 Å². The van der Waals surface area contributed by atoms with Crippen LogP contribution in [0.2, 0.25) is 0 Å². The zero-order valence-corrected chi connectivity index (χ0v) is 16.8. The first kappa shape index (κ1) is 19.6. The molecule has 0 saturated carbocycles. The molecule has 0 aliphatic carbocycles. The number of carbonyl (C=O) groups is 1. The molecule has 1 heterocycles. The Labute approximate surface area is 161 Å². The number of nitrogens with one attached hydrogen (secondary N) is 1. The van der Waals surface area contributed by atoms with Gasteiger partial charge in [0.1, 0.15) is 0 Å². The number of nitrogens with zero attached hydrogens (tertiary/aromatic N) is 1. The first-order valence-electron chi connectivity index (χ1n) is 9.31. The molecule has 2 aromatic rings. The zero-order chi connectivity index (χ0) is 19.6. The van der Waals surface area contributed by atoms with E-state index < -0.39 is 10.0 Å². The van der Waals surface area contributed by atoms with Crippen molar-refractivity contribution >= 4 is 21.6 Å². The SMILES string of the molecule is CCC(NS(=O)(=O)c1ccc(N2CCCC2=O)cc1)c1ccc(C)cc1C. The fourth-order valence-corrected chi connectivity index (χ4v) is 4.86. The van der Waals surface area contributed by atoms with Crippen LogP contribution in [0.25, 0.3) is 0 Å². The van der Waals surface area contributed by atoms with Crippen LogP contribution in [0.15, 0.2) is 47.4 Å². The van der Waals surface area contributed by atoms with E-state index >= 15 is 0 Å². The Morgan fingerprint density at radius 1 is 1.11 bits per heavy atom. The summed E-state index contributed by atoms with van der Waals surface area (Å²) in [4.78, 5) is 13.8. The molecule has 1 fully saturated rings. The molecule has 1 unspecified atom stereocenters. The molecule has 2 aromatic carbocycles. The monoisotopic (exact) mass is 386 g/mol. The molecule has 0 spiro atoms. The summed E-state index contributed by atoms with van der Waals surface area (Å²) in [6.07, 6.45) is 2.05. The Morgan fingerprint density at radius 3 is 2.37 bits per heavy atom. The summed E-state index contributed by atoms with van der Waals surface area (Å²) in [7, 11) is -3.65. The number of hydrogen-bond donors (Lipinski definition) is 1. The van der Waals surface area contributed by atoms with E-state index in [9.17, 15) is 13.2 Å². The molecule has 0 radical (unpaired) electrons. The lowest BCUT2D eigenvalue weighted by Gasteiger charge is -2.20. The van der Waals surface area contributed by atoms with Gasteiger partial charge in [-0.15, -0.1) is 0 Å². The predicted octanol–water partition coefficient (Wildman–Crippen LogP) is 3.86. The van der Waals surface area contributed by atoms with Crippen molar-refractivity contribution < 1.29 is 13.2 Å². The number of aryl methyl sites for hydroxylation is 2. The lowest BCUT2D eigenvalue weighted by atomic mass is 9.98. The van der Waals surface area contributed by atoms with Crippen LogP contribution in [0.1, 0.15) is 48.9 Å². The van der Waals surface area contributed by atoms with Gasteiger partial charge < -0.3 is 4.90 Å². The van der Waals surface area contributed by atoms with Gasteiger partial charge in [-0.2, -0.15) is 0 Å². The third-order valence-electron chi connectivity index (χ3n) is 5.04. The third-order valence-corrected chi connectivity index (χ3v) is 6.53. The predicted molar refractivity (Wildman–Crippen MR) is 107 cm³/mol. The van der Waals surface area contributed by atoms with Crippen molar-refractivity contribution in [3.63, 3.8) is 0 Å². The van der Waals surface area contributed by atoms with E-state index in [1.165, 1.54) is 0 Å². The van der Waals surface area contributed by atoms with Crippen LogP contribution in [0, 0.1) is 13.8 Å². The summed E-state index contributed by atoms with van der Waals surface area (Å²) < 4.78 is 28.5. The molecule has 3 rings (SSSR count). The Hall–Kier alpha value is -2.18. The fourth-order valence-electron chi connectivity index (χ4n) is 3.57. The van der Waals surface area contributed by atoms with Gasteiger partial charge >= 0.3 is 0 Å². The second kappa shape index (κ2) is 7.82. The fraction of sp³-hybridized carbons (Fsp3) is 0.381. The maximum atomic E-state index is 12.9. The van der Waals surface area contributed by atoms with E-state index in [-0.39, 0.29) is 16.8 Å². The van der Waals surface area contributed by atoms with Crippen LogP contribution >= 0.6 is 0 Å². The van der Waals surface area contributed by atoms with E-state index in [4.69, 9.17) is 0 Å². The lowest BCUT2D eigenvalue weighted by Crippen LogP contribution is -2.29. The molecule has 1 aliphatic rings. The minimum Gasteiger partial charge on any atom is -0.312 e. The smallest absolute Gasteiger partial charge is 0.241 e. The van der Waals surface area contributed by atoms with Crippen molar-refractivity contribution in [2.24, 2.45) is 0 Å². The summed E-state index contributed by atoms with van der Waals surface area (Å²) in [6.45, 7) is 6.68. The van der Waals surface area contributed by atoms with Gasteiger partial charge in [-0.3, -0.25) is 4.79 Å². The Balaban J connectivity index is 1.81. The first-order chi connectivity index (χ1) is 12.8. The maximum Gasteiger partial charge on any atom is 0.241 e. The summed E-state index contributed by atoms with van der Waals surface area (Å²) in [6, 6.07) is 12.3. The minimum atomic E-state index is -3.65. The van der Waals surface area contributed by atoms with E-state index in [1.54, 1.807) is 29.2 Å². The number of anilines is 1. The molecule has 1 saturated heterocycles. The van der Waals surface area contributed by atoms with Crippen LogP contribution in [-0.2, 0) is 14.8 Å². The number of benzene rings is 2. The highest BCUT2D eigenvalue weighted by atomic mass is 32.2. The molecule has 1 atom stereocenters. The lowest BCUT2D eigenvalue weighted by molar-refractivity contribution is -0.117. The molecule has 0 aromatic heterocycles. The van der Waals surface area contributed by atoms with Crippen molar-refractivity contribution in [1.82, 2.24) is 4.72 Å². The largest absolute Gasteiger partial charge is 0.312 e. The van der Waals surface area contributed by atoms with Gasteiger partial charge in [-0.25, -0.2) is 13.1 Å². The van der Waals surface area contributed by atoms with Crippen molar-refractivity contribution in [3.8, 4) is 0 Å².